The van der Waals surface area contributed by atoms with E-state index in [0.717, 1.165) is 5.56 Å². The Morgan fingerprint density at radius 2 is 2.28 bits per heavy atom. The van der Waals surface area contributed by atoms with E-state index in [1.165, 1.54) is 0 Å². The Hall–Kier alpha value is -1.73. The smallest absolute Gasteiger partial charge is 0.261 e. The van der Waals surface area contributed by atoms with Gasteiger partial charge in [-0.05, 0) is 13.8 Å². The lowest BCUT2D eigenvalue weighted by molar-refractivity contribution is 0.0665. The average molecular weight is 251 g/mol. The number of ether oxygens (including phenoxy) is 1. The number of hydrogen-bond donors (Lipinski definition) is 1. The van der Waals surface area contributed by atoms with Crippen LogP contribution in [0.4, 0.5) is 0 Å². The molecule has 0 saturated carbocycles. The van der Waals surface area contributed by atoms with Gasteiger partial charge in [-0.25, -0.2) is 0 Å². The molecule has 0 radical (unpaired) electrons. The number of nitrogens with zero attached hydrogens (tertiary/aromatic N) is 4. The van der Waals surface area contributed by atoms with E-state index >= 15 is 0 Å². The van der Waals surface area contributed by atoms with Crippen molar-refractivity contribution in [3.63, 3.8) is 0 Å². The fourth-order valence-corrected chi connectivity index (χ4v) is 1.41. The molecule has 2 aromatic rings. The monoisotopic (exact) mass is 251 g/mol. The highest BCUT2D eigenvalue weighted by atomic mass is 16.5. The molecule has 0 bridgehead atoms. The summed E-state index contributed by atoms with van der Waals surface area (Å²) in [6.07, 6.45) is 3.58. The van der Waals surface area contributed by atoms with Gasteiger partial charge in [-0.15, -0.1) is 0 Å². The number of nitrogens with two attached hydrogens (primary N) is 1. The van der Waals surface area contributed by atoms with Crippen molar-refractivity contribution in [3.8, 4) is 11.5 Å². The highest BCUT2D eigenvalue weighted by Gasteiger charge is 2.16. The first-order valence-corrected chi connectivity index (χ1v) is 5.76. The Morgan fingerprint density at radius 1 is 1.50 bits per heavy atom. The third-order valence-corrected chi connectivity index (χ3v) is 2.33. The number of hydrogen-bond acceptors (Lipinski definition) is 6. The van der Waals surface area contributed by atoms with E-state index in [1.807, 2.05) is 20.9 Å². The molecule has 0 spiro atoms. The van der Waals surface area contributed by atoms with Crippen molar-refractivity contribution in [2.45, 2.75) is 26.0 Å². The lowest BCUT2D eigenvalue weighted by Crippen LogP contribution is -2.20. The molecule has 7 nitrogen and oxygen atoms in total. The molecule has 0 aliphatic carbocycles. The van der Waals surface area contributed by atoms with Crippen LogP contribution in [0.25, 0.3) is 11.5 Å². The molecule has 7 heteroatoms. The molecular weight excluding hydrogens is 234 g/mol. The molecular formula is C11H17N5O2. The van der Waals surface area contributed by atoms with E-state index in [-0.39, 0.29) is 12.1 Å². The van der Waals surface area contributed by atoms with Gasteiger partial charge in [0.15, 0.2) is 5.82 Å². The summed E-state index contributed by atoms with van der Waals surface area (Å²) in [5.41, 5.74) is 6.68. The molecule has 2 aromatic heterocycles. The van der Waals surface area contributed by atoms with Gasteiger partial charge < -0.3 is 15.0 Å². The fraction of sp³-hybridized carbons (Fsp3) is 0.545. The zero-order valence-corrected chi connectivity index (χ0v) is 10.7. The average Bonchev–Trinajstić information content (AvgIpc) is 2.93. The van der Waals surface area contributed by atoms with Gasteiger partial charge >= 0.3 is 0 Å². The molecule has 0 saturated heterocycles. The molecule has 1 unspecified atom stereocenters. The quantitative estimate of drug-likeness (QED) is 0.848. The van der Waals surface area contributed by atoms with Crippen LogP contribution in [0.1, 0.15) is 25.7 Å². The Morgan fingerprint density at radius 3 is 2.89 bits per heavy atom. The van der Waals surface area contributed by atoms with Crippen LogP contribution < -0.4 is 5.73 Å². The highest BCUT2D eigenvalue weighted by molar-refractivity contribution is 5.49. The number of aromatic nitrogens is 4. The van der Waals surface area contributed by atoms with E-state index < -0.39 is 0 Å². The van der Waals surface area contributed by atoms with Crippen molar-refractivity contribution in [2.24, 2.45) is 12.8 Å². The van der Waals surface area contributed by atoms with E-state index in [4.69, 9.17) is 15.0 Å². The van der Waals surface area contributed by atoms with Crippen LogP contribution in [0, 0.1) is 0 Å². The predicted molar refractivity (Wildman–Crippen MR) is 64.5 cm³/mol. The summed E-state index contributed by atoms with van der Waals surface area (Å²) in [7, 11) is 1.82. The molecule has 0 aromatic carbocycles. The Kier molecular flexibility index (Phi) is 3.73. The third-order valence-electron chi connectivity index (χ3n) is 2.33. The highest BCUT2D eigenvalue weighted by Crippen LogP contribution is 2.17. The van der Waals surface area contributed by atoms with Gasteiger partial charge in [-0.1, -0.05) is 5.16 Å². The molecule has 2 rings (SSSR count). The van der Waals surface area contributed by atoms with Crippen LogP contribution in [0.15, 0.2) is 16.9 Å². The van der Waals surface area contributed by atoms with Crippen molar-refractivity contribution in [1.82, 2.24) is 19.9 Å². The van der Waals surface area contributed by atoms with Gasteiger partial charge in [-0.3, -0.25) is 4.68 Å². The second kappa shape index (κ2) is 5.28. The first-order valence-electron chi connectivity index (χ1n) is 5.76. The molecule has 1 atom stereocenters. The van der Waals surface area contributed by atoms with Gasteiger partial charge in [0.1, 0.15) is 0 Å². The van der Waals surface area contributed by atoms with E-state index in [2.05, 4.69) is 15.2 Å². The second-order valence-corrected chi connectivity index (χ2v) is 4.35. The van der Waals surface area contributed by atoms with Crippen molar-refractivity contribution in [2.75, 3.05) is 6.61 Å². The van der Waals surface area contributed by atoms with Crippen LogP contribution >= 0.6 is 0 Å². The van der Waals surface area contributed by atoms with Gasteiger partial charge in [0.2, 0.25) is 0 Å². The molecule has 0 aliphatic rings. The molecule has 0 amide bonds. The summed E-state index contributed by atoms with van der Waals surface area (Å²) in [5.74, 6) is 0.854. The van der Waals surface area contributed by atoms with Gasteiger partial charge in [0.05, 0.1) is 30.5 Å². The van der Waals surface area contributed by atoms with Crippen LogP contribution in [0.3, 0.4) is 0 Å². The topological polar surface area (TPSA) is 92.0 Å². The van der Waals surface area contributed by atoms with Gasteiger partial charge in [0.25, 0.3) is 5.89 Å². The van der Waals surface area contributed by atoms with Gasteiger partial charge in [-0.2, -0.15) is 10.1 Å². The van der Waals surface area contributed by atoms with Crippen molar-refractivity contribution < 1.29 is 9.26 Å². The summed E-state index contributed by atoms with van der Waals surface area (Å²) >= 11 is 0. The van der Waals surface area contributed by atoms with Crippen LogP contribution in [-0.4, -0.2) is 32.6 Å². The first-order chi connectivity index (χ1) is 8.56. The zero-order chi connectivity index (χ0) is 13.1. The van der Waals surface area contributed by atoms with E-state index in [0.29, 0.717) is 18.3 Å². The summed E-state index contributed by atoms with van der Waals surface area (Å²) in [5, 5.41) is 7.89. The fourth-order valence-electron chi connectivity index (χ4n) is 1.41. The number of aryl methyl sites for hydroxylation is 1. The van der Waals surface area contributed by atoms with Crippen LogP contribution in [0.2, 0.25) is 0 Å². The molecule has 2 heterocycles. The molecule has 98 valence electrons. The normalized spacial score (nSPS) is 13.2. The Bertz CT molecular complexity index is 505. The molecule has 18 heavy (non-hydrogen) atoms. The van der Waals surface area contributed by atoms with Crippen LogP contribution in [-0.2, 0) is 11.8 Å². The maximum atomic E-state index is 5.91. The first kappa shape index (κ1) is 12.7. The van der Waals surface area contributed by atoms with Crippen molar-refractivity contribution in [3.05, 3.63) is 18.2 Å². The third kappa shape index (κ3) is 2.93. The molecule has 0 fully saturated rings. The molecule has 0 aliphatic heterocycles. The number of rotatable bonds is 5. The van der Waals surface area contributed by atoms with Crippen molar-refractivity contribution >= 4 is 0 Å². The Labute approximate surface area is 105 Å². The van der Waals surface area contributed by atoms with E-state index in [1.54, 1.807) is 17.1 Å². The SMILES string of the molecule is CC(C)OCC(N)c1noc(-c2cnn(C)c2)n1. The van der Waals surface area contributed by atoms with Crippen LogP contribution in [0.5, 0.6) is 0 Å². The lowest BCUT2D eigenvalue weighted by atomic mass is 10.3. The maximum Gasteiger partial charge on any atom is 0.261 e. The second-order valence-electron chi connectivity index (χ2n) is 4.35. The minimum Gasteiger partial charge on any atom is -0.377 e. The summed E-state index contributed by atoms with van der Waals surface area (Å²) in [4.78, 5) is 4.24. The maximum absolute atomic E-state index is 5.91. The summed E-state index contributed by atoms with van der Waals surface area (Å²) in [6, 6.07) is -0.387. The summed E-state index contributed by atoms with van der Waals surface area (Å²) in [6.45, 7) is 4.26. The standard InChI is InChI=1S/C11H17N5O2/c1-7(2)17-6-9(12)10-14-11(18-15-10)8-4-13-16(3)5-8/h4-5,7,9H,6,12H2,1-3H3. The predicted octanol–water partition coefficient (Wildman–Crippen LogP) is 0.895. The van der Waals surface area contributed by atoms with Crippen molar-refractivity contribution in [1.29, 1.82) is 0 Å². The molecule has 2 N–H and O–H groups in total. The van der Waals surface area contributed by atoms with E-state index in [9.17, 15) is 0 Å². The minimum atomic E-state index is -0.387. The minimum absolute atomic E-state index is 0.126. The summed E-state index contributed by atoms with van der Waals surface area (Å²) < 4.78 is 12.2. The zero-order valence-electron chi connectivity index (χ0n) is 10.7. The van der Waals surface area contributed by atoms with Gasteiger partial charge in [0, 0.05) is 13.2 Å². The lowest BCUT2D eigenvalue weighted by Gasteiger charge is -2.10. The Balaban J connectivity index is 2.06. The largest absolute Gasteiger partial charge is 0.377 e.